The van der Waals surface area contributed by atoms with Gasteiger partial charge in [0.05, 0.1) is 9.85 Å². The van der Waals surface area contributed by atoms with Crippen molar-refractivity contribution in [3.8, 4) is 23.0 Å². The molecule has 0 aromatic heterocycles. The Morgan fingerprint density at radius 2 is 0.857 bits per heavy atom. The number of nitro groups is 2. The maximum absolute atomic E-state index is 13.5. The van der Waals surface area contributed by atoms with E-state index in [0.29, 0.717) is 11.5 Å². The number of nitrogens with zero attached hydrogens (tertiary/aromatic N) is 2. The maximum atomic E-state index is 13.5. The van der Waals surface area contributed by atoms with Crippen LogP contribution < -0.4 is 9.47 Å². The Labute approximate surface area is 238 Å². The third-order valence-corrected chi connectivity index (χ3v) is 6.19. The predicted molar refractivity (Wildman–Crippen MR) is 153 cm³/mol. The molecule has 5 aromatic rings. The van der Waals surface area contributed by atoms with Crippen molar-refractivity contribution >= 4 is 22.9 Å². The number of ketones is 2. The summed E-state index contributed by atoms with van der Waals surface area (Å²) in [6.07, 6.45) is 0. The molecule has 206 valence electrons. The van der Waals surface area contributed by atoms with Crippen molar-refractivity contribution in [3.63, 3.8) is 0 Å². The molecule has 0 heterocycles. The molecule has 5 aromatic carbocycles. The quantitative estimate of drug-likeness (QED) is 0.0969. The third kappa shape index (κ3) is 5.87. The number of benzene rings is 5. The van der Waals surface area contributed by atoms with Gasteiger partial charge in [-0.2, -0.15) is 0 Å². The maximum Gasteiger partial charge on any atom is 0.312 e. The van der Waals surface area contributed by atoms with Crippen molar-refractivity contribution in [1.29, 1.82) is 0 Å². The fourth-order valence-corrected chi connectivity index (χ4v) is 4.20. The van der Waals surface area contributed by atoms with Gasteiger partial charge in [-0.1, -0.05) is 60.7 Å². The molecule has 0 radical (unpaired) electrons. The van der Waals surface area contributed by atoms with Crippen molar-refractivity contribution in [1.82, 2.24) is 0 Å². The van der Waals surface area contributed by atoms with Gasteiger partial charge in [0.1, 0.15) is 11.5 Å². The fourth-order valence-electron chi connectivity index (χ4n) is 4.20. The second-order valence-electron chi connectivity index (χ2n) is 8.91. The van der Waals surface area contributed by atoms with E-state index in [4.69, 9.17) is 9.47 Å². The van der Waals surface area contributed by atoms with Crippen LogP contribution in [0.5, 0.6) is 23.0 Å². The van der Waals surface area contributed by atoms with Crippen LogP contribution in [0.25, 0.3) is 0 Å². The molecule has 0 aliphatic rings. The predicted octanol–water partition coefficient (Wildman–Crippen LogP) is 7.55. The topological polar surface area (TPSA) is 139 Å². The molecule has 0 amide bonds. The summed E-state index contributed by atoms with van der Waals surface area (Å²) in [6, 6.07) is 30.4. The summed E-state index contributed by atoms with van der Waals surface area (Å²) in [6.45, 7) is 0. The standard InChI is InChI=1S/C32H20N2O8/c35-31(21-15-17-29(27(19-21)33(37)38)41-23-9-3-1-4-10-23)25-13-7-8-14-26(25)32(36)22-16-18-30(28(20-22)34(39)40)42-24-11-5-2-6-12-24/h1-20H. The summed E-state index contributed by atoms with van der Waals surface area (Å²) in [5.41, 5.74) is -1.00. The highest BCUT2D eigenvalue weighted by Crippen LogP contribution is 2.35. The number of hydrogen-bond donors (Lipinski definition) is 0. The zero-order chi connectivity index (χ0) is 29.6. The van der Waals surface area contributed by atoms with Gasteiger partial charge in [0.25, 0.3) is 0 Å². The van der Waals surface area contributed by atoms with Crippen LogP contribution in [0.1, 0.15) is 31.8 Å². The first-order valence-corrected chi connectivity index (χ1v) is 12.5. The highest BCUT2D eigenvalue weighted by Gasteiger charge is 2.25. The molecule has 42 heavy (non-hydrogen) atoms. The van der Waals surface area contributed by atoms with E-state index in [1.807, 2.05) is 0 Å². The van der Waals surface area contributed by atoms with Crippen LogP contribution in [-0.2, 0) is 0 Å². The van der Waals surface area contributed by atoms with E-state index < -0.39 is 32.8 Å². The van der Waals surface area contributed by atoms with Crippen LogP contribution in [0.3, 0.4) is 0 Å². The molecule has 5 rings (SSSR count). The molecule has 10 heteroatoms. The molecule has 0 aliphatic carbocycles. The largest absolute Gasteiger partial charge is 0.450 e. The number of carbonyl (C=O) groups is 2. The van der Waals surface area contributed by atoms with Gasteiger partial charge in [0, 0.05) is 34.4 Å². The zero-order valence-corrected chi connectivity index (χ0v) is 21.7. The summed E-state index contributed by atoms with van der Waals surface area (Å²) in [7, 11) is 0. The Bertz CT molecular complexity index is 1690. The second kappa shape index (κ2) is 11.9. The molecule has 0 spiro atoms. The first kappa shape index (κ1) is 27.4. The lowest BCUT2D eigenvalue weighted by molar-refractivity contribution is -0.385. The van der Waals surface area contributed by atoms with E-state index in [2.05, 4.69) is 0 Å². The van der Waals surface area contributed by atoms with Gasteiger partial charge < -0.3 is 9.47 Å². The van der Waals surface area contributed by atoms with Gasteiger partial charge in [-0.25, -0.2) is 0 Å². The van der Waals surface area contributed by atoms with Crippen LogP contribution >= 0.6 is 0 Å². The molecule has 0 bridgehead atoms. The second-order valence-corrected chi connectivity index (χ2v) is 8.91. The summed E-state index contributed by atoms with van der Waals surface area (Å²) in [5, 5.41) is 23.6. The van der Waals surface area contributed by atoms with Crippen molar-refractivity contribution < 1.29 is 28.9 Å². The molecule has 0 aliphatic heterocycles. The van der Waals surface area contributed by atoms with Crippen LogP contribution in [0.4, 0.5) is 11.4 Å². The van der Waals surface area contributed by atoms with Crippen molar-refractivity contribution in [3.05, 3.63) is 164 Å². The van der Waals surface area contributed by atoms with Crippen LogP contribution in [0, 0.1) is 20.2 Å². The lowest BCUT2D eigenvalue weighted by Crippen LogP contribution is -2.12. The molecule has 0 saturated carbocycles. The molecule has 0 saturated heterocycles. The summed E-state index contributed by atoms with van der Waals surface area (Å²) in [4.78, 5) is 49.4. The van der Waals surface area contributed by atoms with Crippen LogP contribution in [0.2, 0.25) is 0 Å². The Morgan fingerprint density at radius 3 is 1.21 bits per heavy atom. The zero-order valence-electron chi connectivity index (χ0n) is 21.7. The smallest absolute Gasteiger partial charge is 0.312 e. The van der Waals surface area contributed by atoms with Gasteiger partial charge in [-0.3, -0.25) is 29.8 Å². The number of hydrogen-bond acceptors (Lipinski definition) is 8. The number of rotatable bonds is 10. The Hall–Kier alpha value is -6.16. The SMILES string of the molecule is O=C(c1ccc(Oc2ccccc2)c([N+](=O)[O-])c1)c1ccccc1C(=O)c1ccc(Oc2ccccc2)c([N+](=O)[O-])c1. The van der Waals surface area contributed by atoms with E-state index in [9.17, 15) is 29.8 Å². The Balaban J connectivity index is 1.47. The normalized spacial score (nSPS) is 10.5. The summed E-state index contributed by atoms with van der Waals surface area (Å²) >= 11 is 0. The first-order valence-electron chi connectivity index (χ1n) is 12.5. The van der Waals surface area contributed by atoms with Gasteiger partial charge in [0.15, 0.2) is 11.6 Å². The first-order chi connectivity index (χ1) is 20.3. The average molecular weight is 561 g/mol. The monoisotopic (exact) mass is 560 g/mol. The molecular formula is C32H20N2O8. The van der Waals surface area contributed by atoms with E-state index in [0.717, 1.165) is 12.1 Å². The number of carbonyl (C=O) groups excluding carboxylic acids is 2. The minimum absolute atomic E-state index is 0.0270. The van der Waals surface area contributed by atoms with Gasteiger partial charge in [0.2, 0.25) is 11.5 Å². The lowest BCUT2D eigenvalue weighted by atomic mass is 9.93. The Morgan fingerprint density at radius 1 is 0.500 bits per heavy atom. The van der Waals surface area contributed by atoms with E-state index >= 15 is 0 Å². The number of nitro benzene ring substituents is 2. The van der Waals surface area contributed by atoms with E-state index in [-0.39, 0.29) is 33.8 Å². The molecular weight excluding hydrogens is 540 g/mol. The fraction of sp³-hybridized carbons (Fsp3) is 0. The van der Waals surface area contributed by atoms with Gasteiger partial charge in [-0.05, 0) is 48.5 Å². The van der Waals surface area contributed by atoms with Gasteiger partial charge >= 0.3 is 11.4 Å². The lowest BCUT2D eigenvalue weighted by Gasteiger charge is -2.11. The average Bonchev–Trinajstić information content (AvgIpc) is 3.01. The van der Waals surface area contributed by atoms with Crippen molar-refractivity contribution in [2.45, 2.75) is 0 Å². The molecule has 0 atom stereocenters. The molecule has 0 unspecified atom stereocenters. The minimum Gasteiger partial charge on any atom is -0.450 e. The summed E-state index contributed by atoms with van der Waals surface area (Å²) in [5.74, 6) is -0.650. The highest BCUT2D eigenvalue weighted by molar-refractivity contribution is 6.20. The molecule has 10 nitrogen and oxygen atoms in total. The third-order valence-electron chi connectivity index (χ3n) is 6.19. The van der Waals surface area contributed by atoms with Crippen molar-refractivity contribution in [2.24, 2.45) is 0 Å². The molecule has 0 fully saturated rings. The minimum atomic E-state index is -0.662. The number of para-hydroxylation sites is 2. The van der Waals surface area contributed by atoms with Crippen LogP contribution in [0.15, 0.2) is 121 Å². The highest BCUT2D eigenvalue weighted by atomic mass is 16.6. The van der Waals surface area contributed by atoms with Crippen LogP contribution in [-0.4, -0.2) is 21.4 Å². The van der Waals surface area contributed by atoms with E-state index in [1.54, 1.807) is 72.8 Å². The number of ether oxygens (including phenoxy) is 2. The summed E-state index contributed by atoms with van der Waals surface area (Å²) < 4.78 is 11.3. The van der Waals surface area contributed by atoms with Gasteiger partial charge in [-0.15, -0.1) is 0 Å². The molecule has 0 N–H and O–H groups in total. The van der Waals surface area contributed by atoms with E-state index in [1.165, 1.54) is 36.4 Å². The van der Waals surface area contributed by atoms with Crippen molar-refractivity contribution in [2.75, 3.05) is 0 Å². The Kier molecular flexibility index (Phi) is 7.78.